The Kier molecular flexibility index (Phi) is 1.88. The monoisotopic (exact) mass is 220 g/mol. The van der Waals surface area contributed by atoms with Crippen molar-refractivity contribution in [3.8, 4) is 0 Å². The highest BCUT2D eigenvalue weighted by atomic mass is 16.3. The molecule has 8 atom stereocenters. The lowest BCUT2D eigenvalue weighted by Gasteiger charge is -2.40. The van der Waals surface area contributed by atoms with Gasteiger partial charge in [-0.1, -0.05) is 12.2 Å². The largest absolute Gasteiger partial charge is 0.396 e. The molecule has 3 saturated carbocycles. The molecule has 0 aromatic heterocycles. The van der Waals surface area contributed by atoms with Gasteiger partial charge in [0.15, 0.2) is 0 Å². The van der Waals surface area contributed by atoms with E-state index in [4.69, 9.17) is 0 Å². The zero-order valence-corrected chi connectivity index (χ0v) is 9.50. The summed E-state index contributed by atoms with van der Waals surface area (Å²) < 4.78 is 0. The van der Waals surface area contributed by atoms with Gasteiger partial charge in [-0.15, -0.1) is 0 Å². The molecule has 2 nitrogen and oxygen atoms in total. The number of hydrogen-bond acceptors (Lipinski definition) is 2. The molecule has 4 aliphatic rings. The molecule has 2 N–H and O–H groups in total. The Morgan fingerprint density at radius 2 is 1.31 bits per heavy atom. The first-order chi connectivity index (χ1) is 7.85. The molecule has 0 spiro atoms. The van der Waals surface area contributed by atoms with Crippen LogP contribution in [-0.4, -0.2) is 23.4 Å². The molecule has 8 unspecified atom stereocenters. The van der Waals surface area contributed by atoms with Gasteiger partial charge in [-0.3, -0.25) is 0 Å². The van der Waals surface area contributed by atoms with Gasteiger partial charge >= 0.3 is 0 Å². The van der Waals surface area contributed by atoms with Crippen molar-refractivity contribution in [3.05, 3.63) is 12.2 Å². The maximum atomic E-state index is 9.55. The highest BCUT2D eigenvalue weighted by molar-refractivity contribution is 5.21. The average molecular weight is 220 g/mol. The predicted molar refractivity (Wildman–Crippen MR) is 60.5 cm³/mol. The number of hydrogen-bond donors (Lipinski definition) is 2. The van der Waals surface area contributed by atoms with Crippen LogP contribution in [0.1, 0.15) is 12.8 Å². The van der Waals surface area contributed by atoms with Crippen LogP contribution >= 0.6 is 0 Å². The molecule has 2 heteroatoms. The van der Waals surface area contributed by atoms with Gasteiger partial charge in [0.05, 0.1) is 0 Å². The van der Waals surface area contributed by atoms with Crippen LogP contribution in [0, 0.1) is 47.3 Å². The lowest BCUT2D eigenvalue weighted by molar-refractivity contribution is 0.0187. The van der Waals surface area contributed by atoms with E-state index in [1.165, 1.54) is 12.8 Å². The number of aliphatic hydroxyl groups is 2. The summed E-state index contributed by atoms with van der Waals surface area (Å²) in [6.45, 7) is 0.577. The van der Waals surface area contributed by atoms with Gasteiger partial charge in [0.25, 0.3) is 0 Å². The lowest BCUT2D eigenvalue weighted by Crippen LogP contribution is -2.39. The Bertz CT molecular complexity index is 308. The summed E-state index contributed by atoms with van der Waals surface area (Å²) in [4.78, 5) is 0. The van der Waals surface area contributed by atoms with E-state index in [1.54, 1.807) is 0 Å². The van der Waals surface area contributed by atoms with Crippen LogP contribution in [0.5, 0.6) is 0 Å². The Morgan fingerprint density at radius 1 is 0.812 bits per heavy atom. The second-order valence-corrected chi connectivity index (χ2v) is 6.36. The van der Waals surface area contributed by atoms with E-state index in [0.717, 1.165) is 23.7 Å². The first kappa shape index (κ1) is 9.67. The van der Waals surface area contributed by atoms with Gasteiger partial charge in [0.2, 0.25) is 0 Å². The summed E-state index contributed by atoms with van der Waals surface area (Å²) in [6.07, 6.45) is 7.49. The molecule has 4 bridgehead atoms. The summed E-state index contributed by atoms with van der Waals surface area (Å²) in [5.74, 6) is 5.50. The standard InChI is InChI=1S/C14H20O2/c15-5-11-9-4-10(12(11)6-16)14-8-2-1-7(3-8)13(9)14/h1-2,7-16H,3-6H2. The normalized spacial score (nSPS) is 60.9. The molecule has 0 saturated heterocycles. The third-order valence-electron chi connectivity index (χ3n) is 6.19. The molecule has 0 aliphatic heterocycles. The Balaban J connectivity index is 1.71. The first-order valence-corrected chi connectivity index (χ1v) is 6.75. The van der Waals surface area contributed by atoms with Crippen molar-refractivity contribution < 1.29 is 10.2 Å². The molecule has 4 rings (SSSR count). The van der Waals surface area contributed by atoms with Crippen LogP contribution < -0.4 is 0 Å². The van der Waals surface area contributed by atoms with E-state index < -0.39 is 0 Å². The van der Waals surface area contributed by atoms with Gasteiger partial charge in [-0.05, 0) is 60.2 Å². The minimum absolute atomic E-state index is 0.288. The lowest BCUT2D eigenvalue weighted by atomic mass is 9.65. The molecule has 16 heavy (non-hydrogen) atoms. The molecule has 0 amide bonds. The SMILES string of the molecule is OCC1C(CO)C2CC1C1C3C=CC(C3)C21. The zero-order valence-electron chi connectivity index (χ0n) is 9.50. The van der Waals surface area contributed by atoms with Crippen molar-refractivity contribution >= 4 is 0 Å². The molecule has 0 aromatic carbocycles. The summed E-state index contributed by atoms with van der Waals surface area (Å²) in [5.41, 5.74) is 0. The Labute approximate surface area is 96.4 Å². The van der Waals surface area contributed by atoms with Crippen molar-refractivity contribution in [2.75, 3.05) is 13.2 Å². The van der Waals surface area contributed by atoms with Crippen molar-refractivity contribution in [2.24, 2.45) is 47.3 Å². The second kappa shape index (κ2) is 3.11. The van der Waals surface area contributed by atoms with E-state index >= 15 is 0 Å². The second-order valence-electron chi connectivity index (χ2n) is 6.36. The summed E-state index contributed by atoms with van der Waals surface area (Å²) in [6, 6.07) is 0. The Morgan fingerprint density at radius 3 is 1.75 bits per heavy atom. The highest BCUT2D eigenvalue weighted by Gasteiger charge is 2.63. The molecule has 0 heterocycles. The van der Waals surface area contributed by atoms with Crippen LogP contribution in [0.3, 0.4) is 0 Å². The van der Waals surface area contributed by atoms with Crippen LogP contribution in [-0.2, 0) is 0 Å². The van der Waals surface area contributed by atoms with Gasteiger partial charge in [0, 0.05) is 13.2 Å². The third kappa shape index (κ3) is 0.925. The van der Waals surface area contributed by atoms with Crippen LogP contribution in [0.4, 0.5) is 0 Å². The van der Waals surface area contributed by atoms with Crippen molar-refractivity contribution in [3.63, 3.8) is 0 Å². The van der Waals surface area contributed by atoms with Gasteiger partial charge in [0.1, 0.15) is 0 Å². The van der Waals surface area contributed by atoms with Crippen molar-refractivity contribution in [2.45, 2.75) is 12.8 Å². The summed E-state index contributed by atoms with van der Waals surface area (Å²) in [7, 11) is 0. The fraction of sp³-hybridized carbons (Fsp3) is 0.857. The fourth-order valence-electron chi connectivity index (χ4n) is 5.83. The minimum atomic E-state index is 0.288. The topological polar surface area (TPSA) is 40.5 Å². The van der Waals surface area contributed by atoms with Crippen molar-refractivity contribution in [1.82, 2.24) is 0 Å². The van der Waals surface area contributed by atoms with E-state index in [0.29, 0.717) is 23.7 Å². The fourth-order valence-corrected chi connectivity index (χ4v) is 5.83. The number of aliphatic hydroxyl groups excluding tert-OH is 2. The molecular formula is C14H20O2. The van der Waals surface area contributed by atoms with E-state index in [2.05, 4.69) is 12.2 Å². The molecule has 0 aromatic rings. The molecule has 88 valence electrons. The number of allylic oxidation sites excluding steroid dienone is 2. The van der Waals surface area contributed by atoms with Gasteiger partial charge in [-0.25, -0.2) is 0 Å². The van der Waals surface area contributed by atoms with Gasteiger partial charge in [-0.2, -0.15) is 0 Å². The average Bonchev–Trinajstić information content (AvgIpc) is 3.03. The summed E-state index contributed by atoms with van der Waals surface area (Å²) >= 11 is 0. The molecular weight excluding hydrogens is 200 g/mol. The minimum Gasteiger partial charge on any atom is -0.396 e. The van der Waals surface area contributed by atoms with Crippen LogP contribution in [0.25, 0.3) is 0 Å². The van der Waals surface area contributed by atoms with E-state index in [1.807, 2.05) is 0 Å². The Hall–Kier alpha value is -0.340. The van der Waals surface area contributed by atoms with Crippen LogP contribution in [0.2, 0.25) is 0 Å². The molecule has 3 fully saturated rings. The number of rotatable bonds is 2. The zero-order chi connectivity index (χ0) is 10.9. The molecule has 0 radical (unpaired) electrons. The van der Waals surface area contributed by atoms with Gasteiger partial charge < -0.3 is 10.2 Å². The predicted octanol–water partition coefficient (Wildman–Crippen LogP) is 1.29. The first-order valence-electron chi connectivity index (χ1n) is 6.75. The summed E-state index contributed by atoms with van der Waals surface area (Å²) in [5, 5.41) is 19.1. The molecule has 4 aliphatic carbocycles. The number of fused-ring (bicyclic) bond motifs is 9. The maximum Gasteiger partial charge on any atom is 0.0465 e. The van der Waals surface area contributed by atoms with Crippen molar-refractivity contribution in [1.29, 1.82) is 0 Å². The quantitative estimate of drug-likeness (QED) is 0.544. The maximum absolute atomic E-state index is 9.55. The smallest absolute Gasteiger partial charge is 0.0465 e. The van der Waals surface area contributed by atoms with E-state index in [-0.39, 0.29) is 13.2 Å². The third-order valence-corrected chi connectivity index (χ3v) is 6.19. The highest BCUT2D eigenvalue weighted by Crippen LogP contribution is 2.68. The van der Waals surface area contributed by atoms with E-state index in [9.17, 15) is 10.2 Å². The van der Waals surface area contributed by atoms with Crippen LogP contribution in [0.15, 0.2) is 12.2 Å².